The number of carbonyl (C=O) groups excluding carboxylic acids is 2. The van der Waals surface area contributed by atoms with Crippen LogP contribution in [0, 0.1) is 0 Å². The molecule has 31 heavy (non-hydrogen) atoms. The Bertz CT molecular complexity index is 1320. The second kappa shape index (κ2) is 8.61. The molecule has 0 saturated carbocycles. The van der Waals surface area contributed by atoms with Gasteiger partial charge in [-0.3, -0.25) is 9.59 Å². The molecule has 2 aromatic heterocycles. The van der Waals surface area contributed by atoms with Crippen LogP contribution >= 0.6 is 15.9 Å². The lowest BCUT2D eigenvalue weighted by molar-refractivity contribution is 0.0955. The number of hydrazone groups is 1. The van der Waals surface area contributed by atoms with Crippen LogP contribution in [0.4, 0.5) is 5.69 Å². The quantitative estimate of drug-likeness (QED) is 0.314. The fraction of sp³-hybridized carbons (Fsp3) is 0.0870. The molecule has 7 nitrogen and oxygen atoms in total. The molecule has 0 radical (unpaired) electrons. The summed E-state index contributed by atoms with van der Waals surface area (Å²) in [6.07, 6.45) is 1.79. The molecule has 0 fully saturated rings. The largest absolute Gasteiger partial charge is 0.444 e. The molecule has 0 aliphatic heterocycles. The smallest absolute Gasteiger partial charge is 0.291 e. The Morgan fingerprint density at radius 1 is 1.03 bits per heavy atom. The monoisotopic (exact) mass is 478 g/mol. The topological polar surface area (TPSA) is 88.6 Å². The summed E-state index contributed by atoms with van der Waals surface area (Å²) in [6.45, 7) is 1.79. The number of halogens is 1. The summed E-state index contributed by atoms with van der Waals surface area (Å²) in [5.74, 6) is -0.448. The van der Waals surface area contributed by atoms with Crippen molar-refractivity contribution in [2.75, 3.05) is 5.32 Å². The first-order valence-electron chi connectivity index (χ1n) is 9.48. The fourth-order valence-electron chi connectivity index (χ4n) is 3.23. The second-order valence-corrected chi connectivity index (χ2v) is 7.73. The van der Waals surface area contributed by atoms with E-state index in [-0.39, 0.29) is 17.6 Å². The number of para-hydroxylation sites is 1. The zero-order valence-corrected chi connectivity index (χ0v) is 18.4. The van der Waals surface area contributed by atoms with Crippen LogP contribution < -0.4 is 10.7 Å². The highest BCUT2D eigenvalue weighted by molar-refractivity contribution is 9.10. The summed E-state index contributed by atoms with van der Waals surface area (Å²) >= 11 is 3.18. The van der Waals surface area contributed by atoms with E-state index in [9.17, 15) is 9.59 Å². The van der Waals surface area contributed by atoms with Gasteiger partial charge in [-0.1, -0.05) is 30.3 Å². The van der Waals surface area contributed by atoms with Gasteiger partial charge >= 0.3 is 0 Å². The summed E-state index contributed by atoms with van der Waals surface area (Å²) in [5.41, 5.74) is 6.10. The van der Waals surface area contributed by atoms with E-state index in [0.29, 0.717) is 21.6 Å². The number of aromatic nitrogens is 1. The van der Waals surface area contributed by atoms with Gasteiger partial charge in [-0.25, -0.2) is 5.43 Å². The minimum Gasteiger partial charge on any atom is -0.444 e. The number of fused-ring (bicyclic) bond motifs is 1. The molecule has 0 aliphatic rings. The second-order valence-electron chi connectivity index (χ2n) is 6.95. The van der Waals surface area contributed by atoms with Crippen LogP contribution in [0.3, 0.4) is 0 Å². The summed E-state index contributed by atoms with van der Waals surface area (Å²) < 4.78 is 7.66. The molecule has 2 aromatic carbocycles. The average Bonchev–Trinajstić information content (AvgIpc) is 3.36. The molecule has 4 rings (SSSR count). The Hall–Kier alpha value is -3.65. The Balaban J connectivity index is 1.48. The van der Waals surface area contributed by atoms with Crippen molar-refractivity contribution < 1.29 is 14.0 Å². The number of hydrogen-bond donors (Lipinski definition) is 2. The molecule has 2 heterocycles. The van der Waals surface area contributed by atoms with Gasteiger partial charge in [0.2, 0.25) is 0 Å². The van der Waals surface area contributed by atoms with Gasteiger partial charge in [0.15, 0.2) is 10.4 Å². The highest BCUT2D eigenvalue weighted by atomic mass is 79.9. The van der Waals surface area contributed by atoms with E-state index < -0.39 is 0 Å². The Kier molecular flexibility index (Phi) is 5.73. The summed E-state index contributed by atoms with van der Waals surface area (Å²) in [7, 11) is 1.90. The number of carbonyl (C=O) groups is 2. The summed E-state index contributed by atoms with van der Waals surface area (Å²) in [6, 6.07) is 18.1. The maximum Gasteiger partial charge on any atom is 0.291 e. The number of rotatable bonds is 5. The minimum absolute atomic E-state index is 0.199. The molecule has 156 valence electrons. The first kappa shape index (κ1) is 20.6. The van der Waals surface area contributed by atoms with Crippen molar-refractivity contribution in [1.29, 1.82) is 0 Å². The number of nitrogens with one attached hydrogen (secondary N) is 2. The van der Waals surface area contributed by atoms with E-state index in [1.807, 2.05) is 41.9 Å². The molecular weight excluding hydrogens is 460 g/mol. The molecule has 8 heteroatoms. The van der Waals surface area contributed by atoms with Crippen LogP contribution in [-0.4, -0.2) is 22.1 Å². The van der Waals surface area contributed by atoms with Gasteiger partial charge in [0.1, 0.15) is 0 Å². The number of nitrogens with zero attached hydrogens (tertiary/aromatic N) is 2. The summed E-state index contributed by atoms with van der Waals surface area (Å²) in [5, 5.41) is 7.89. The molecule has 2 amide bonds. The maximum absolute atomic E-state index is 12.7. The molecule has 2 N–H and O–H groups in total. The van der Waals surface area contributed by atoms with Crippen LogP contribution in [0.2, 0.25) is 0 Å². The Morgan fingerprint density at radius 3 is 2.61 bits per heavy atom. The third kappa shape index (κ3) is 4.44. The van der Waals surface area contributed by atoms with E-state index in [2.05, 4.69) is 31.8 Å². The van der Waals surface area contributed by atoms with Gasteiger partial charge in [-0.05, 0) is 58.7 Å². The zero-order chi connectivity index (χ0) is 22.0. The van der Waals surface area contributed by atoms with Gasteiger partial charge < -0.3 is 14.3 Å². The Morgan fingerprint density at radius 2 is 1.84 bits per heavy atom. The number of hydrogen-bond acceptors (Lipinski definition) is 4. The van der Waals surface area contributed by atoms with E-state index in [0.717, 1.165) is 16.5 Å². The van der Waals surface area contributed by atoms with Crippen LogP contribution in [0.25, 0.3) is 10.9 Å². The van der Waals surface area contributed by atoms with Crippen LogP contribution in [0.1, 0.15) is 33.4 Å². The minimum atomic E-state index is -0.360. The molecule has 0 spiro atoms. The van der Waals surface area contributed by atoms with Crippen molar-refractivity contribution in [2.24, 2.45) is 12.1 Å². The van der Waals surface area contributed by atoms with Crippen LogP contribution in [0.5, 0.6) is 0 Å². The lowest BCUT2D eigenvalue weighted by Gasteiger charge is -2.07. The molecule has 0 unspecified atom stereocenters. The number of furan rings is 1. The summed E-state index contributed by atoms with van der Waals surface area (Å²) in [4.78, 5) is 25.0. The van der Waals surface area contributed by atoms with Crippen LogP contribution in [0.15, 0.2) is 81.0 Å². The predicted molar refractivity (Wildman–Crippen MR) is 123 cm³/mol. The molecular formula is C23H19BrN4O3. The van der Waals surface area contributed by atoms with E-state index in [4.69, 9.17) is 4.42 Å². The number of benzene rings is 2. The van der Waals surface area contributed by atoms with Crippen molar-refractivity contribution in [3.63, 3.8) is 0 Å². The third-order valence-corrected chi connectivity index (χ3v) is 5.23. The van der Waals surface area contributed by atoms with Crippen molar-refractivity contribution in [1.82, 2.24) is 9.99 Å². The van der Waals surface area contributed by atoms with Gasteiger partial charge in [0.25, 0.3) is 11.8 Å². The maximum atomic E-state index is 12.7. The highest BCUT2D eigenvalue weighted by Crippen LogP contribution is 2.20. The average molecular weight is 479 g/mol. The van der Waals surface area contributed by atoms with E-state index in [1.165, 1.54) is 0 Å². The first-order chi connectivity index (χ1) is 14.9. The standard InChI is InChI=1S/C23H19BrN4O3/c1-14(26-27-22(29)18-13-28(2)19-9-4-3-8-17(18)19)15-6-5-7-16(12-15)25-23(30)20-10-11-21(24)31-20/h3-13H,1-2H3,(H,25,30)(H,27,29)/b26-14-. The van der Waals surface area contributed by atoms with Gasteiger partial charge in [-0.2, -0.15) is 5.10 Å². The molecule has 0 bridgehead atoms. The zero-order valence-electron chi connectivity index (χ0n) is 16.8. The van der Waals surface area contributed by atoms with Crippen molar-refractivity contribution in [2.45, 2.75) is 6.92 Å². The van der Waals surface area contributed by atoms with Gasteiger partial charge in [0.05, 0.1) is 11.3 Å². The van der Waals surface area contributed by atoms with Crippen molar-refractivity contribution in [3.05, 3.63) is 88.4 Å². The first-order valence-corrected chi connectivity index (χ1v) is 10.3. The number of anilines is 1. The van der Waals surface area contributed by atoms with Gasteiger partial charge in [0, 0.05) is 29.8 Å². The van der Waals surface area contributed by atoms with Crippen molar-refractivity contribution >= 4 is 50.0 Å². The number of aryl methyl sites for hydroxylation is 1. The molecule has 0 saturated heterocycles. The normalized spacial score (nSPS) is 11.5. The molecule has 0 aliphatic carbocycles. The Labute approximate surface area is 186 Å². The lowest BCUT2D eigenvalue weighted by atomic mass is 10.1. The third-order valence-electron chi connectivity index (χ3n) is 4.80. The van der Waals surface area contributed by atoms with Crippen LogP contribution in [-0.2, 0) is 7.05 Å². The SMILES string of the molecule is C/C(=N/NC(=O)c1cn(C)c2ccccc12)c1cccc(NC(=O)c2ccc(Br)o2)c1. The highest BCUT2D eigenvalue weighted by Gasteiger charge is 2.14. The van der Waals surface area contributed by atoms with E-state index in [1.54, 1.807) is 43.5 Å². The fourth-order valence-corrected chi connectivity index (χ4v) is 3.54. The molecule has 4 aromatic rings. The predicted octanol–water partition coefficient (Wildman–Crippen LogP) is 4.94. The number of amides is 2. The van der Waals surface area contributed by atoms with Gasteiger partial charge in [-0.15, -0.1) is 0 Å². The molecule has 0 atom stereocenters. The lowest BCUT2D eigenvalue weighted by Crippen LogP contribution is -2.19. The van der Waals surface area contributed by atoms with Crippen molar-refractivity contribution in [3.8, 4) is 0 Å². The van der Waals surface area contributed by atoms with E-state index >= 15 is 0 Å².